The molecule has 50 valence electrons. The SMILES string of the molecule is O=CO.[H-].[Li+].c1ccncc1. The van der Waals surface area contributed by atoms with Crippen LogP contribution in [-0.2, 0) is 4.79 Å². The Labute approximate surface area is 72.8 Å². The summed E-state index contributed by atoms with van der Waals surface area (Å²) in [6, 6.07) is 5.72. The third kappa shape index (κ3) is 10.2. The van der Waals surface area contributed by atoms with Crippen molar-refractivity contribution in [3.05, 3.63) is 30.6 Å². The van der Waals surface area contributed by atoms with Crippen LogP contribution in [0.4, 0.5) is 0 Å². The standard InChI is InChI=1S/C5H5N.CH2O2.Li.H/c1-2-4-6-5-3-1;2-1-3;;/h1-5H;1H,(H,2,3);;/q;;+1;-1. The third-order valence-corrected chi connectivity index (χ3v) is 0.566. The van der Waals surface area contributed by atoms with Gasteiger partial charge in [0.2, 0.25) is 0 Å². The Hall–Kier alpha value is -0.783. The largest absolute Gasteiger partial charge is 1.00 e. The third-order valence-electron chi connectivity index (χ3n) is 0.566. The van der Waals surface area contributed by atoms with Gasteiger partial charge in [0.1, 0.15) is 0 Å². The van der Waals surface area contributed by atoms with Crippen LogP contribution < -0.4 is 18.9 Å². The Morgan fingerprint density at radius 1 is 1.30 bits per heavy atom. The van der Waals surface area contributed by atoms with Crippen LogP contribution in [0, 0.1) is 0 Å². The molecule has 1 heterocycles. The van der Waals surface area contributed by atoms with Gasteiger partial charge in [0.25, 0.3) is 6.47 Å². The van der Waals surface area contributed by atoms with Crippen LogP contribution in [0.1, 0.15) is 1.43 Å². The number of hydrogen-bond donors (Lipinski definition) is 1. The first-order valence-electron chi connectivity index (χ1n) is 2.34. The molecule has 0 unspecified atom stereocenters. The van der Waals surface area contributed by atoms with Crippen LogP contribution in [0.3, 0.4) is 0 Å². The van der Waals surface area contributed by atoms with Crippen molar-refractivity contribution in [3.63, 3.8) is 0 Å². The molecule has 4 heteroatoms. The monoisotopic (exact) mass is 133 g/mol. The number of rotatable bonds is 0. The minimum Gasteiger partial charge on any atom is -1.00 e. The van der Waals surface area contributed by atoms with Crippen LogP contribution in [0.15, 0.2) is 30.6 Å². The summed E-state index contributed by atoms with van der Waals surface area (Å²) in [5.74, 6) is 0. The topological polar surface area (TPSA) is 50.2 Å². The Kier molecular flexibility index (Phi) is 13.2. The number of hydrogen-bond acceptors (Lipinski definition) is 2. The second-order valence-corrected chi connectivity index (χ2v) is 1.13. The fourth-order valence-electron chi connectivity index (χ4n) is 0.313. The summed E-state index contributed by atoms with van der Waals surface area (Å²) >= 11 is 0. The molecule has 0 aromatic carbocycles. The fraction of sp³-hybridized carbons (Fsp3) is 0. The van der Waals surface area contributed by atoms with Crippen LogP contribution in [0.5, 0.6) is 0 Å². The molecule has 0 saturated carbocycles. The van der Waals surface area contributed by atoms with E-state index in [1.807, 2.05) is 18.2 Å². The van der Waals surface area contributed by atoms with E-state index < -0.39 is 0 Å². The van der Waals surface area contributed by atoms with E-state index in [4.69, 9.17) is 9.90 Å². The Morgan fingerprint density at radius 3 is 1.80 bits per heavy atom. The Balaban J connectivity index is -0.000000116. The molecule has 0 aliphatic rings. The molecule has 1 rings (SSSR count). The molecule has 0 saturated heterocycles. The maximum Gasteiger partial charge on any atom is 1.00 e. The van der Waals surface area contributed by atoms with Crippen molar-refractivity contribution in [2.45, 2.75) is 0 Å². The normalized spacial score (nSPS) is 6.00. The molecule has 0 aliphatic carbocycles. The molecule has 0 aliphatic heterocycles. The number of carbonyl (C=O) groups is 1. The smallest absolute Gasteiger partial charge is 1.00 e. The maximum atomic E-state index is 8.36. The molecule has 1 aromatic rings. The summed E-state index contributed by atoms with van der Waals surface area (Å²) in [7, 11) is 0. The van der Waals surface area contributed by atoms with E-state index in [-0.39, 0.29) is 26.8 Å². The van der Waals surface area contributed by atoms with E-state index in [1.165, 1.54) is 0 Å². The van der Waals surface area contributed by atoms with Crippen molar-refractivity contribution in [1.29, 1.82) is 0 Å². The molecular weight excluding hydrogens is 125 g/mol. The maximum absolute atomic E-state index is 8.36. The molecule has 0 atom stereocenters. The van der Waals surface area contributed by atoms with Gasteiger partial charge < -0.3 is 6.53 Å². The minimum absolute atomic E-state index is 0. The number of nitrogens with zero attached hydrogens (tertiary/aromatic N) is 1. The van der Waals surface area contributed by atoms with Crippen molar-refractivity contribution in [1.82, 2.24) is 4.98 Å². The van der Waals surface area contributed by atoms with Crippen molar-refractivity contribution in [3.8, 4) is 0 Å². The van der Waals surface area contributed by atoms with Crippen molar-refractivity contribution >= 4 is 6.47 Å². The summed E-state index contributed by atoms with van der Waals surface area (Å²) in [5.41, 5.74) is 0. The molecule has 10 heavy (non-hydrogen) atoms. The zero-order chi connectivity index (χ0) is 6.95. The predicted octanol–water partition coefficient (Wildman–Crippen LogP) is -2.10. The fourth-order valence-corrected chi connectivity index (χ4v) is 0.313. The van der Waals surface area contributed by atoms with Crippen LogP contribution in [0.25, 0.3) is 0 Å². The van der Waals surface area contributed by atoms with Gasteiger partial charge in [-0.3, -0.25) is 9.78 Å². The zero-order valence-electron chi connectivity index (χ0n) is 6.77. The molecular formula is C6H8LiNO2. The van der Waals surface area contributed by atoms with Gasteiger partial charge in [-0.2, -0.15) is 0 Å². The molecule has 0 radical (unpaired) electrons. The van der Waals surface area contributed by atoms with Crippen molar-refractivity contribution in [2.24, 2.45) is 0 Å². The summed E-state index contributed by atoms with van der Waals surface area (Å²) < 4.78 is 0. The van der Waals surface area contributed by atoms with Gasteiger partial charge in [-0.05, 0) is 12.1 Å². The summed E-state index contributed by atoms with van der Waals surface area (Å²) in [6.07, 6.45) is 3.50. The van der Waals surface area contributed by atoms with E-state index >= 15 is 0 Å². The zero-order valence-corrected chi connectivity index (χ0v) is 5.77. The predicted molar refractivity (Wildman–Crippen MR) is 34.0 cm³/mol. The van der Waals surface area contributed by atoms with E-state index in [9.17, 15) is 0 Å². The number of pyridine rings is 1. The quantitative estimate of drug-likeness (QED) is 0.326. The first kappa shape index (κ1) is 11.9. The summed E-state index contributed by atoms with van der Waals surface area (Å²) in [6.45, 7) is -0.250. The molecule has 1 aromatic heterocycles. The van der Waals surface area contributed by atoms with Gasteiger partial charge in [-0.25, -0.2) is 0 Å². The average molecular weight is 133 g/mol. The average Bonchev–Trinajstić information content (AvgIpc) is 1.93. The summed E-state index contributed by atoms with van der Waals surface area (Å²) in [4.78, 5) is 12.1. The second-order valence-electron chi connectivity index (χ2n) is 1.13. The number of carboxylic acid groups (broad SMARTS) is 1. The van der Waals surface area contributed by atoms with Crippen molar-refractivity contribution < 1.29 is 30.2 Å². The molecule has 0 fully saturated rings. The van der Waals surface area contributed by atoms with Gasteiger partial charge in [0, 0.05) is 12.4 Å². The molecule has 3 nitrogen and oxygen atoms in total. The molecule has 0 amide bonds. The first-order valence-corrected chi connectivity index (χ1v) is 2.34. The van der Waals surface area contributed by atoms with Crippen LogP contribution in [0.2, 0.25) is 0 Å². The summed E-state index contributed by atoms with van der Waals surface area (Å²) in [5, 5.41) is 6.89. The van der Waals surface area contributed by atoms with Crippen LogP contribution >= 0.6 is 0 Å². The van der Waals surface area contributed by atoms with Gasteiger partial charge in [-0.1, -0.05) is 6.07 Å². The molecule has 0 spiro atoms. The Morgan fingerprint density at radius 2 is 1.70 bits per heavy atom. The second kappa shape index (κ2) is 11.1. The number of aromatic nitrogens is 1. The van der Waals surface area contributed by atoms with E-state index in [0.717, 1.165) is 0 Å². The Bertz CT molecular complexity index is 124. The van der Waals surface area contributed by atoms with E-state index in [0.29, 0.717) is 0 Å². The van der Waals surface area contributed by atoms with E-state index in [1.54, 1.807) is 12.4 Å². The van der Waals surface area contributed by atoms with E-state index in [2.05, 4.69) is 4.98 Å². The van der Waals surface area contributed by atoms with Gasteiger partial charge >= 0.3 is 18.9 Å². The molecule has 0 bridgehead atoms. The van der Waals surface area contributed by atoms with Gasteiger partial charge in [0.15, 0.2) is 0 Å². The van der Waals surface area contributed by atoms with Gasteiger partial charge in [0.05, 0.1) is 0 Å². The first-order chi connectivity index (χ1) is 4.41. The minimum atomic E-state index is -0.250. The van der Waals surface area contributed by atoms with Crippen molar-refractivity contribution in [2.75, 3.05) is 0 Å². The molecule has 1 N–H and O–H groups in total. The van der Waals surface area contributed by atoms with Crippen LogP contribution in [-0.4, -0.2) is 16.6 Å². The van der Waals surface area contributed by atoms with Gasteiger partial charge in [-0.15, -0.1) is 0 Å².